The molecule has 4 rings (SSSR count). The first-order chi connectivity index (χ1) is 13.4. The minimum absolute atomic E-state index is 0.0536. The Bertz CT molecular complexity index is 964. The van der Waals surface area contributed by atoms with Crippen molar-refractivity contribution in [2.75, 3.05) is 13.1 Å². The van der Waals surface area contributed by atoms with Crippen LogP contribution in [0.25, 0.3) is 11.3 Å². The van der Waals surface area contributed by atoms with Gasteiger partial charge < -0.3 is 9.64 Å². The largest absolute Gasteiger partial charge is 0.478 e. The first-order valence-electron chi connectivity index (χ1n) is 9.13. The predicted octanol–water partition coefficient (Wildman–Crippen LogP) is 3.84. The molecule has 0 spiro atoms. The number of halogens is 1. The van der Waals surface area contributed by atoms with E-state index in [0.717, 1.165) is 11.3 Å². The second-order valence-corrected chi connectivity index (χ2v) is 7.82. The highest BCUT2D eigenvalue weighted by Crippen LogP contribution is 2.28. The number of likely N-dealkylation sites (tertiary alicyclic amines) is 1. The fourth-order valence-electron chi connectivity index (χ4n) is 3.21. The number of nitrogens with zero attached hydrogens (tertiary/aromatic N) is 4. The van der Waals surface area contributed by atoms with Crippen LogP contribution in [0.3, 0.4) is 0 Å². The van der Waals surface area contributed by atoms with Crippen LogP contribution >= 0.6 is 11.6 Å². The van der Waals surface area contributed by atoms with Gasteiger partial charge in [0.05, 0.1) is 12.2 Å². The zero-order chi connectivity index (χ0) is 19.7. The van der Waals surface area contributed by atoms with Gasteiger partial charge >= 0.3 is 0 Å². The van der Waals surface area contributed by atoms with Crippen molar-refractivity contribution in [3.8, 4) is 17.0 Å². The highest BCUT2D eigenvalue weighted by Gasteiger charge is 2.41. The van der Waals surface area contributed by atoms with Crippen molar-refractivity contribution in [2.45, 2.75) is 25.5 Å². The van der Waals surface area contributed by atoms with E-state index in [2.05, 4.69) is 10.3 Å². The van der Waals surface area contributed by atoms with Crippen LogP contribution in [0.5, 0.6) is 5.75 Å². The van der Waals surface area contributed by atoms with Crippen molar-refractivity contribution < 1.29 is 9.53 Å². The Labute approximate surface area is 168 Å². The molecule has 0 radical (unpaired) electrons. The monoisotopic (exact) mass is 396 g/mol. The molecule has 0 N–H and O–H groups in total. The molecule has 144 valence electrons. The lowest BCUT2D eigenvalue weighted by Crippen LogP contribution is -2.58. The molecule has 7 heteroatoms. The lowest BCUT2D eigenvalue weighted by Gasteiger charge is -2.42. The minimum atomic E-state index is -0.962. The fourth-order valence-corrected chi connectivity index (χ4v) is 3.33. The van der Waals surface area contributed by atoms with Crippen LogP contribution in [0, 0.1) is 0 Å². The van der Waals surface area contributed by atoms with Gasteiger partial charge in [-0.15, -0.1) is 5.10 Å². The van der Waals surface area contributed by atoms with Crippen molar-refractivity contribution in [3.05, 3.63) is 65.8 Å². The van der Waals surface area contributed by atoms with Gasteiger partial charge in [-0.3, -0.25) is 4.79 Å². The summed E-state index contributed by atoms with van der Waals surface area (Å²) >= 11 is 5.90. The van der Waals surface area contributed by atoms with Gasteiger partial charge in [-0.25, -0.2) is 4.68 Å². The fraction of sp³-hybridized carbons (Fsp3) is 0.286. The first-order valence-corrected chi connectivity index (χ1v) is 9.51. The zero-order valence-electron chi connectivity index (χ0n) is 15.7. The van der Waals surface area contributed by atoms with Gasteiger partial charge in [0.15, 0.2) is 5.60 Å². The Morgan fingerprint density at radius 2 is 1.79 bits per heavy atom. The summed E-state index contributed by atoms with van der Waals surface area (Å²) in [6.45, 7) is 4.73. The number of hydrogen-bond acceptors (Lipinski definition) is 4. The first kappa shape index (κ1) is 18.5. The Hall–Kier alpha value is -2.86. The highest BCUT2D eigenvalue weighted by atomic mass is 35.5. The van der Waals surface area contributed by atoms with Crippen LogP contribution in [0.4, 0.5) is 0 Å². The van der Waals surface area contributed by atoms with E-state index in [4.69, 9.17) is 16.3 Å². The van der Waals surface area contributed by atoms with Crippen molar-refractivity contribution in [2.24, 2.45) is 0 Å². The van der Waals surface area contributed by atoms with Crippen LogP contribution in [-0.4, -0.2) is 44.5 Å². The van der Waals surface area contributed by atoms with E-state index in [-0.39, 0.29) is 11.9 Å². The Morgan fingerprint density at radius 3 is 2.46 bits per heavy atom. The van der Waals surface area contributed by atoms with E-state index in [0.29, 0.717) is 23.9 Å². The second-order valence-electron chi connectivity index (χ2n) is 7.38. The van der Waals surface area contributed by atoms with E-state index in [9.17, 15) is 4.79 Å². The molecule has 28 heavy (non-hydrogen) atoms. The molecule has 1 aliphatic heterocycles. The van der Waals surface area contributed by atoms with Gasteiger partial charge in [-0.2, -0.15) is 0 Å². The van der Waals surface area contributed by atoms with Crippen LogP contribution < -0.4 is 4.74 Å². The van der Waals surface area contributed by atoms with Gasteiger partial charge in [0.25, 0.3) is 5.91 Å². The molecule has 6 nitrogen and oxygen atoms in total. The number of aromatic nitrogens is 3. The molecular weight excluding hydrogens is 376 g/mol. The summed E-state index contributed by atoms with van der Waals surface area (Å²) in [7, 11) is 0. The summed E-state index contributed by atoms with van der Waals surface area (Å²) < 4.78 is 7.73. The maximum Gasteiger partial charge on any atom is 0.266 e. The van der Waals surface area contributed by atoms with Crippen molar-refractivity contribution in [1.29, 1.82) is 0 Å². The third kappa shape index (κ3) is 3.73. The normalized spacial score (nSPS) is 14.6. The molecule has 1 amide bonds. The summed E-state index contributed by atoms with van der Waals surface area (Å²) in [5.41, 5.74) is 0.895. The number of amides is 1. The van der Waals surface area contributed by atoms with Gasteiger partial charge in [0, 0.05) is 23.7 Å². The van der Waals surface area contributed by atoms with E-state index < -0.39 is 5.60 Å². The molecule has 1 aromatic heterocycles. The van der Waals surface area contributed by atoms with E-state index in [1.54, 1.807) is 43.0 Å². The third-order valence-corrected chi connectivity index (χ3v) is 5.06. The lowest BCUT2D eigenvalue weighted by atomic mass is 10.0. The Morgan fingerprint density at radius 1 is 1.11 bits per heavy atom. The smallest absolute Gasteiger partial charge is 0.266 e. The van der Waals surface area contributed by atoms with Crippen molar-refractivity contribution in [3.63, 3.8) is 0 Å². The van der Waals surface area contributed by atoms with Crippen molar-refractivity contribution in [1.82, 2.24) is 19.9 Å². The van der Waals surface area contributed by atoms with Crippen molar-refractivity contribution >= 4 is 17.5 Å². The highest BCUT2D eigenvalue weighted by molar-refractivity contribution is 6.30. The molecule has 2 aromatic carbocycles. The molecule has 0 atom stereocenters. The Balaban J connectivity index is 1.37. The molecule has 0 bridgehead atoms. The second kappa shape index (κ2) is 7.28. The van der Waals surface area contributed by atoms with Crippen LogP contribution in [0.2, 0.25) is 5.02 Å². The molecule has 1 fully saturated rings. The van der Waals surface area contributed by atoms with Gasteiger partial charge in [-0.1, -0.05) is 47.1 Å². The Kier molecular flexibility index (Phi) is 4.81. The predicted molar refractivity (Wildman–Crippen MR) is 107 cm³/mol. The van der Waals surface area contributed by atoms with Gasteiger partial charge in [0.1, 0.15) is 11.4 Å². The SMILES string of the molecule is CC(C)(Oc1ccc(Cl)cc1)C(=O)N1CC(n2cc(-c3ccccc3)nn2)C1. The van der Waals surface area contributed by atoms with Crippen LogP contribution in [0.1, 0.15) is 19.9 Å². The molecule has 0 unspecified atom stereocenters. The van der Waals surface area contributed by atoms with Gasteiger partial charge in [-0.05, 0) is 38.1 Å². The number of carbonyl (C=O) groups is 1. The van der Waals surface area contributed by atoms with E-state index >= 15 is 0 Å². The molecule has 1 aliphatic rings. The average molecular weight is 397 g/mol. The summed E-state index contributed by atoms with van der Waals surface area (Å²) in [5.74, 6) is 0.561. The molecule has 0 aliphatic carbocycles. The van der Waals surface area contributed by atoms with E-state index in [1.165, 1.54) is 0 Å². The minimum Gasteiger partial charge on any atom is -0.478 e. The maximum absolute atomic E-state index is 12.9. The standard InChI is InChI=1S/C21H21ClN4O2/c1-21(2,28-18-10-8-16(22)9-11-18)20(27)25-12-17(13-25)26-14-19(23-24-26)15-6-4-3-5-7-15/h3-11,14,17H,12-13H2,1-2H3. The van der Waals surface area contributed by atoms with Crippen LogP contribution in [0.15, 0.2) is 60.8 Å². The maximum atomic E-state index is 12.9. The lowest BCUT2D eigenvalue weighted by molar-refractivity contribution is -0.151. The molecule has 2 heterocycles. The summed E-state index contributed by atoms with van der Waals surface area (Å²) in [5, 5.41) is 9.11. The van der Waals surface area contributed by atoms with Crippen LogP contribution in [-0.2, 0) is 4.79 Å². The summed E-state index contributed by atoms with van der Waals surface area (Å²) in [6, 6.07) is 17.0. The number of benzene rings is 2. The molecule has 1 saturated heterocycles. The molecule has 3 aromatic rings. The van der Waals surface area contributed by atoms with E-state index in [1.807, 2.05) is 41.2 Å². The number of rotatable bonds is 5. The third-order valence-electron chi connectivity index (χ3n) is 4.81. The quantitative estimate of drug-likeness (QED) is 0.657. The summed E-state index contributed by atoms with van der Waals surface area (Å²) in [4.78, 5) is 14.6. The topological polar surface area (TPSA) is 60.2 Å². The molecule has 0 saturated carbocycles. The number of ether oxygens (including phenoxy) is 1. The van der Waals surface area contributed by atoms with Gasteiger partial charge in [0.2, 0.25) is 0 Å². The zero-order valence-corrected chi connectivity index (χ0v) is 16.5. The average Bonchev–Trinajstić information content (AvgIpc) is 3.12. The number of carbonyl (C=O) groups excluding carboxylic acids is 1. The number of hydrogen-bond donors (Lipinski definition) is 0. The molecular formula is C21H21ClN4O2. The summed E-state index contributed by atoms with van der Waals surface area (Å²) in [6.07, 6.45) is 1.93.